The maximum atomic E-state index is 4.78. The minimum absolute atomic E-state index is 0.724. The fourth-order valence-corrected chi connectivity index (χ4v) is 4.39. The van der Waals surface area contributed by atoms with Crippen molar-refractivity contribution in [2.24, 2.45) is 5.92 Å². The molecule has 0 radical (unpaired) electrons. The van der Waals surface area contributed by atoms with Crippen LogP contribution in [-0.4, -0.2) is 24.1 Å². The average molecular weight is 352 g/mol. The summed E-state index contributed by atoms with van der Waals surface area (Å²) in [5.74, 6) is 2.11. The highest BCUT2D eigenvalue weighted by molar-refractivity contribution is 9.10. The highest BCUT2D eigenvalue weighted by Crippen LogP contribution is 2.38. The van der Waals surface area contributed by atoms with Crippen LogP contribution in [0.25, 0.3) is 0 Å². The van der Waals surface area contributed by atoms with Gasteiger partial charge in [-0.2, -0.15) is 0 Å². The van der Waals surface area contributed by atoms with Gasteiger partial charge in [0.15, 0.2) is 0 Å². The van der Waals surface area contributed by atoms with Crippen LogP contribution in [0.1, 0.15) is 51.0 Å². The number of rotatable bonds is 4. The minimum atomic E-state index is 0.724. The van der Waals surface area contributed by atoms with Gasteiger partial charge in [0.1, 0.15) is 5.82 Å². The van der Waals surface area contributed by atoms with Crippen molar-refractivity contribution in [1.82, 2.24) is 10.3 Å². The van der Waals surface area contributed by atoms with Crippen LogP contribution in [0.2, 0.25) is 0 Å². The lowest BCUT2D eigenvalue weighted by Gasteiger charge is -2.45. The Bertz CT molecular complexity index is 475. The van der Waals surface area contributed by atoms with Crippen LogP contribution in [0.4, 0.5) is 5.82 Å². The van der Waals surface area contributed by atoms with Crippen molar-refractivity contribution >= 4 is 21.7 Å². The molecule has 116 valence electrons. The molecule has 21 heavy (non-hydrogen) atoms. The largest absolute Gasteiger partial charge is 0.353 e. The lowest BCUT2D eigenvalue weighted by atomic mass is 9.78. The number of halogens is 1. The maximum absolute atomic E-state index is 4.78. The molecule has 1 saturated heterocycles. The number of anilines is 1. The molecule has 0 spiro atoms. The van der Waals surface area contributed by atoms with E-state index in [4.69, 9.17) is 4.98 Å². The van der Waals surface area contributed by atoms with Gasteiger partial charge < -0.3 is 10.2 Å². The van der Waals surface area contributed by atoms with Gasteiger partial charge in [0.2, 0.25) is 0 Å². The lowest BCUT2D eigenvalue weighted by Crippen LogP contribution is -2.47. The molecule has 1 aliphatic heterocycles. The molecule has 3 nitrogen and oxygen atoms in total. The molecule has 4 heteroatoms. The Balaban J connectivity index is 1.87. The fraction of sp³-hybridized carbons (Fsp3) is 0.706. The number of aromatic nitrogens is 1. The monoisotopic (exact) mass is 351 g/mol. The second kappa shape index (κ2) is 7.10. The smallest absolute Gasteiger partial charge is 0.133 e. The first-order valence-electron chi connectivity index (χ1n) is 8.41. The Kier molecular flexibility index (Phi) is 5.17. The zero-order chi connectivity index (χ0) is 14.7. The van der Waals surface area contributed by atoms with E-state index in [1.54, 1.807) is 0 Å². The Morgan fingerprint density at radius 3 is 2.95 bits per heavy atom. The van der Waals surface area contributed by atoms with Crippen molar-refractivity contribution in [1.29, 1.82) is 0 Å². The van der Waals surface area contributed by atoms with Crippen LogP contribution in [-0.2, 0) is 6.54 Å². The molecule has 0 aromatic carbocycles. The molecular weight excluding hydrogens is 326 g/mol. The van der Waals surface area contributed by atoms with Gasteiger partial charge in [-0.05, 0) is 60.1 Å². The van der Waals surface area contributed by atoms with E-state index >= 15 is 0 Å². The molecular formula is C17H26BrN3. The highest BCUT2D eigenvalue weighted by Gasteiger charge is 2.34. The molecule has 1 aromatic heterocycles. The Hall–Kier alpha value is -0.610. The van der Waals surface area contributed by atoms with Gasteiger partial charge in [0.25, 0.3) is 0 Å². The zero-order valence-electron chi connectivity index (χ0n) is 12.9. The predicted octanol–water partition coefficient (Wildman–Crippen LogP) is 4.11. The molecule has 2 aliphatic rings. The quantitative estimate of drug-likeness (QED) is 0.884. The van der Waals surface area contributed by atoms with Gasteiger partial charge >= 0.3 is 0 Å². The van der Waals surface area contributed by atoms with Crippen LogP contribution in [0.15, 0.2) is 16.7 Å². The molecule has 0 amide bonds. The second-order valence-electron chi connectivity index (χ2n) is 6.36. The van der Waals surface area contributed by atoms with Crippen LogP contribution in [0.5, 0.6) is 0 Å². The third kappa shape index (κ3) is 3.42. The summed E-state index contributed by atoms with van der Waals surface area (Å²) < 4.78 is 1.08. The van der Waals surface area contributed by atoms with E-state index in [9.17, 15) is 0 Å². The average Bonchev–Trinajstić information content (AvgIpc) is 2.52. The van der Waals surface area contributed by atoms with Crippen molar-refractivity contribution in [3.8, 4) is 0 Å². The van der Waals surface area contributed by atoms with E-state index in [0.717, 1.165) is 29.5 Å². The molecule has 2 fully saturated rings. The van der Waals surface area contributed by atoms with Crippen LogP contribution in [0, 0.1) is 5.92 Å². The number of piperidine rings is 1. The molecule has 1 aliphatic carbocycles. The van der Waals surface area contributed by atoms with E-state index in [1.807, 2.05) is 6.20 Å². The van der Waals surface area contributed by atoms with E-state index in [0.29, 0.717) is 0 Å². The first kappa shape index (κ1) is 15.3. The standard InChI is InChI=1S/C17H26BrN3/c1-2-19-11-14-10-15(18)12-20-17(14)21-9-5-7-13-6-3-4-8-16(13)21/h10,12-13,16,19H,2-9,11H2,1H3. The van der Waals surface area contributed by atoms with Gasteiger partial charge in [-0.3, -0.25) is 0 Å². The summed E-state index contributed by atoms with van der Waals surface area (Å²) in [6, 6.07) is 2.96. The highest BCUT2D eigenvalue weighted by atomic mass is 79.9. The summed E-state index contributed by atoms with van der Waals surface area (Å²) in [5.41, 5.74) is 1.33. The molecule has 0 bridgehead atoms. The van der Waals surface area contributed by atoms with E-state index in [2.05, 4.69) is 39.1 Å². The van der Waals surface area contributed by atoms with Gasteiger partial charge in [0, 0.05) is 35.4 Å². The summed E-state index contributed by atoms with van der Waals surface area (Å²) in [6.45, 7) is 5.24. The number of hydrogen-bond donors (Lipinski definition) is 1. The van der Waals surface area contributed by atoms with Crippen molar-refractivity contribution in [2.45, 2.75) is 58.0 Å². The van der Waals surface area contributed by atoms with Crippen LogP contribution in [0.3, 0.4) is 0 Å². The van der Waals surface area contributed by atoms with Crippen molar-refractivity contribution in [3.05, 3.63) is 22.3 Å². The lowest BCUT2D eigenvalue weighted by molar-refractivity contribution is 0.242. The van der Waals surface area contributed by atoms with Crippen molar-refractivity contribution in [3.63, 3.8) is 0 Å². The third-order valence-corrected chi connectivity index (χ3v) is 5.42. The fourth-order valence-electron chi connectivity index (χ4n) is 4.01. The minimum Gasteiger partial charge on any atom is -0.353 e. The summed E-state index contributed by atoms with van der Waals surface area (Å²) in [7, 11) is 0. The third-order valence-electron chi connectivity index (χ3n) is 4.99. The molecule has 2 atom stereocenters. The summed E-state index contributed by atoms with van der Waals surface area (Å²) in [5, 5.41) is 3.46. The summed E-state index contributed by atoms with van der Waals surface area (Å²) >= 11 is 3.57. The Morgan fingerprint density at radius 2 is 2.10 bits per heavy atom. The molecule has 2 heterocycles. The maximum Gasteiger partial charge on any atom is 0.133 e. The number of hydrogen-bond acceptors (Lipinski definition) is 3. The molecule has 1 N–H and O–H groups in total. The Morgan fingerprint density at radius 1 is 1.29 bits per heavy atom. The SMILES string of the molecule is CCNCc1cc(Br)cnc1N1CCCC2CCCCC21. The van der Waals surface area contributed by atoms with Crippen LogP contribution < -0.4 is 10.2 Å². The molecule has 1 aromatic rings. The van der Waals surface area contributed by atoms with Crippen LogP contribution >= 0.6 is 15.9 Å². The molecule has 2 unspecified atom stereocenters. The number of fused-ring (bicyclic) bond motifs is 1. The van der Waals surface area contributed by atoms with Gasteiger partial charge in [-0.25, -0.2) is 4.98 Å². The summed E-state index contributed by atoms with van der Waals surface area (Å²) in [4.78, 5) is 7.40. The topological polar surface area (TPSA) is 28.2 Å². The zero-order valence-corrected chi connectivity index (χ0v) is 14.5. The number of pyridine rings is 1. The predicted molar refractivity (Wildman–Crippen MR) is 91.6 cm³/mol. The van der Waals surface area contributed by atoms with Crippen molar-refractivity contribution < 1.29 is 0 Å². The summed E-state index contributed by atoms with van der Waals surface area (Å²) in [6.07, 6.45) is 10.3. The first-order valence-corrected chi connectivity index (χ1v) is 9.20. The number of nitrogens with zero attached hydrogens (tertiary/aromatic N) is 2. The van der Waals surface area contributed by atoms with E-state index in [-0.39, 0.29) is 0 Å². The Labute approximate surface area is 136 Å². The molecule has 3 rings (SSSR count). The second-order valence-corrected chi connectivity index (χ2v) is 7.28. The van der Waals surface area contributed by atoms with Gasteiger partial charge in [-0.1, -0.05) is 19.8 Å². The van der Waals surface area contributed by atoms with Gasteiger partial charge in [0.05, 0.1) is 0 Å². The number of nitrogens with one attached hydrogen (secondary N) is 1. The molecule has 1 saturated carbocycles. The normalized spacial score (nSPS) is 25.7. The van der Waals surface area contributed by atoms with E-state index < -0.39 is 0 Å². The van der Waals surface area contributed by atoms with Gasteiger partial charge in [-0.15, -0.1) is 0 Å². The van der Waals surface area contributed by atoms with E-state index in [1.165, 1.54) is 56.5 Å². The first-order chi connectivity index (χ1) is 10.3. The van der Waals surface area contributed by atoms with Crippen molar-refractivity contribution in [2.75, 3.05) is 18.0 Å².